The molecule has 1 rings (SSSR count). The summed E-state index contributed by atoms with van der Waals surface area (Å²) < 4.78 is 5.49. The molecule has 106 valence electrons. The van der Waals surface area contributed by atoms with Crippen LogP contribution < -0.4 is 10.6 Å². The number of hydrogen-bond acceptors (Lipinski definition) is 5. The lowest BCUT2D eigenvalue weighted by atomic mass is 10.1. The van der Waals surface area contributed by atoms with Gasteiger partial charge in [0.2, 0.25) is 0 Å². The molecule has 0 saturated carbocycles. The summed E-state index contributed by atoms with van der Waals surface area (Å²) in [6.45, 7) is 4.52. The number of aliphatic hydroxyl groups excluding tert-OH is 1. The molecule has 0 radical (unpaired) electrons. The average Bonchev–Trinajstić information content (AvgIpc) is 2.35. The Kier molecular flexibility index (Phi) is 5.62. The first-order valence-corrected chi connectivity index (χ1v) is 6.76. The molecule has 0 bridgehead atoms. The Morgan fingerprint density at radius 2 is 2.16 bits per heavy atom. The average molecular weight is 331 g/mol. The molecule has 19 heavy (non-hydrogen) atoms. The predicted molar refractivity (Wildman–Crippen MR) is 79.5 cm³/mol. The standard InChI is InChI=1S/C13H19BrN2O3/c1-8(2)16(4-5-17)12-6-9(13(18)19-3)11(15)7-10(12)14/h6-8,17H,4-5,15H2,1-3H3. The highest BCUT2D eigenvalue weighted by Crippen LogP contribution is 2.32. The van der Waals surface area contributed by atoms with Crippen molar-refractivity contribution in [1.29, 1.82) is 0 Å². The maximum absolute atomic E-state index is 11.7. The lowest BCUT2D eigenvalue weighted by Crippen LogP contribution is -2.34. The van der Waals surface area contributed by atoms with Gasteiger partial charge in [-0.3, -0.25) is 0 Å². The number of aliphatic hydroxyl groups is 1. The summed E-state index contributed by atoms with van der Waals surface area (Å²) in [4.78, 5) is 13.6. The number of carbonyl (C=O) groups is 1. The summed E-state index contributed by atoms with van der Waals surface area (Å²) >= 11 is 3.44. The second-order valence-electron chi connectivity index (χ2n) is 4.39. The van der Waals surface area contributed by atoms with Crippen molar-refractivity contribution in [3.05, 3.63) is 22.2 Å². The van der Waals surface area contributed by atoms with Crippen molar-refractivity contribution in [2.75, 3.05) is 30.9 Å². The molecule has 1 aromatic carbocycles. The van der Waals surface area contributed by atoms with Gasteiger partial charge in [-0.2, -0.15) is 0 Å². The van der Waals surface area contributed by atoms with Gasteiger partial charge in [0.1, 0.15) is 0 Å². The Morgan fingerprint density at radius 1 is 1.53 bits per heavy atom. The zero-order chi connectivity index (χ0) is 14.6. The van der Waals surface area contributed by atoms with Gasteiger partial charge in [-0.1, -0.05) is 0 Å². The number of nitrogens with two attached hydrogens (primary N) is 1. The summed E-state index contributed by atoms with van der Waals surface area (Å²) in [7, 11) is 1.32. The number of benzene rings is 1. The second-order valence-corrected chi connectivity index (χ2v) is 5.25. The Balaban J connectivity index is 3.29. The Labute approximate surface area is 121 Å². The fraction of sp³-hybridized carbons (Fsp3) is 0.462. The van der Waals surface area contributed by atoms with Crippen molar-refractivity contribution in [3.63, 3.8) is 0 Å². The van der Waals surface area contributed by atoms with Crippen LogP contribution in [-0.4, -0.2) is 37.4 Å². The molecule has 3 N–H and O–H groups in total. The van der Waals surface area contributed by atoms with Crippen LogP contribution >= 0.6 is 15.9 Å². The van der Waals surface area contributed by atoms with Crippen molar-refractivity contribution in [3.8, 4) is 0 Å². The largest absolute Gasteiger partial charge is 0.465 e. The molecule has 0 aliphatic carbocycles. The van der Waals surface area contributed by atoms with E-state index < -0.39 is 5.97 Å². The normalized spacial score (nSPS) is 10.6. The zero-order valence-electron chi connectivity index (χ0n) is 11.3. The molecule has 0 saturated heterocycles. The molecule has 0 aliphatic heterocycles. The lowest BCUT2D eigenvalue weighted by Gasteiger charge is -2.29. The molecule has 0 amide bonds. The van der Waals surface area contributed by atoms with E-state index in [9.17, 15) is 4.79 Å². The third kappa shape index (κ3) is 3.61. The minimum absolute atomic E-state index is 0.0303. The quantitative estimate of drug-likeness (QED) is 0.638. The first-order valence-electron chi connectivity index (χ1n) is 5.97. The van der Waals surface area contributed by atoms with Gasteiger partial charge >= 0.3 is 5.97 Å². The number of esters is 1. The number of halogens is 1. The fourth-order valence-corrected chi connectivity index (χ4v) is 2.44. The SMILES string of the molecule is COC(=O)c1cc(N(CCO)C(C)C)c(Br)cc1N. The van der Waals surface area contributed by atoms with Gasteiger partial charge in [0, 0.05) is 22.7 Å². The number of nitrogen functional groups attached to an aromatic ring is 1. The third-order valence-electron chi connectivity index (χ3n) is 2.80. The number of hydrogen-bond donors (Lipinski definition) is 2. The molecule has 0 aliphatic rings. The topological polar surface area (TPSA) is 75.8 Å². The van der Waals surface area contributed by atoms with Crippen molar-refractivity contribution in [1.82, 2.24) is 0 Å². The van der Waals surface area contributed by atoms with Crippen LogP contribution in [0, 0.1) is 0 Å². The molecule has 6 heteroatoms. The van der Waals surface area contributed by atoms with Gasteiger partial charge in [-0.05, 0) is 41.9 Å². The van der Waals surface area contributed by atoms with Gasteiger partial charge < -0.3 is 20.5 Å². The number of rotatable bonds is 5. The van der Waals surface area contributed by atoms with Gasteiger partial charge in [0.05, 0.1) is 25.0 Å². The monoisotopic (exact) mass is 330 g/mol. The highest BCUT2D eigenvalue weighted by atomic mass is 79.9. The number of methoxy groups -OCH3 is 1. The van der Waals surface area contributed by atoms with Gasteiger partial charge in [0.15, 0.2) is 0 Å². The summed E-state index contributed by atoms with van der Waals surface area (Å²) in [6, 6.07) is 3.53. The van der Waals surface area contributed by atoms with Crippen molar-refractivity contribution in [2.24, 2.45) is 0 Å². The van der Waals surface area contributed by atoms with Crippen LogP contribution in [-0.2, 0) is 4.74 Å². The Hall–Kier alpha value is -1.27. The molecule has 0 unspecified atom stereocenters. The summed E-state index contributed by atoms with van der Waals surface area (Å²) in [6.07, 6.45) is 0. The van der Waals surface area contributed by atoms with E-state index in [1.165, 1.54) is 7.11 Å². The highest BCUT2D eigenvalue weighted by molar-refractivity contribution is 9.10. The van der Waals surface area contributed by atoms with Gasteiger partial charge in [-0.15, -0.1) is 0 Å². The number of anilines is 2. The van der Waals surface area contributed by atoms with Crippen LogP contribution in [0.3, 0.4) is 0 Å². The van der Waals surface area contributed by atoms with Crippen LogP contribution in [0.25, 0.3) is 0 Å². The van der Waals surface area contributed by atoms with Crippen molar-refractivity contribution < 1.29 is 14.6 Å². The fourth-order valence-electron chi connectivity index (χ4n) is 1.85. The van der Waals surface area contributed by atoms with Gasteiger partial charge in [-0.25, -0.2) is 4.79 Å². The van der Waals surface area contributed by atoms with E-state index in [1.54, 1.807) is 12.1 Å². The molecule has 0 spiro atoms. The van der Waals surface area contributed by atoms with Crippen LogP contribution in [0.5, 0.6) is 0 Å². The first kappa shape index (κ1) is 15.8. The maximum Gasteiger partial charge on any atom is 0.340 e. The van der Waals surface area contributed by atoms with Crippen molar-refractivity contribution in [2.45, 2.75) is 19.9 Å². The van der Waals surface area contributed by atoms with Crippen LogP contribution in [0.2, 0.25) is 0 Å². The van der Waals surface area contributed by atoms with E-state index >= 15 is 0 Å². The minimum atomic E-state index is -0.473. The maximum atomic E-state index is 11.7. The summed E-state index contributed by atoms with van der Waals surface area (Å²) in [5.74, 6) is -0.473. The molecule has 0 atom stereocenters. The van der Waals surface area contributed by atoms with Gasteiger partial charge in [0.25, 0.3) is 0 Å². The molecule has 0 heterocycles. The molecule has 5 nitrogen and oxygen atoms in total. The first-order chi connectivity index (χ1) is 8.92. The molecule has 0 aromatic heterocycles. The number of nitrogens with zero attached hydrogens (tertiary/aromatic N) is 1. The predicted octanol–water partition coefficient (Wildman–Crippen LogP) is 2.02. The smallest absolute Gasteiger partial charge is 0.340 e. The van der Waals surface area contributed by atoms with E-state index in [-0.39, 0.29) is 12.6 Å². The highest BCUT2D eigenvalue weighted by Gasteiger charge is 2.18. The molecular weight excluding hydrogens is 312 g/mol. The van der Waals surface area contributed by atoms with E-state index in [1.807, 2.05) is 18.7 Å². The van der Waals surface area contributed by atoms with Crippen LogP contribution in [0.1, 0.15) is 24.2 Å². The zero-order valence-corrected chi connectivity index (χ0v) is 12.9. The van der Waals surface area contributed by atoms with E-state index in [0.29, 0.717) is 17.8 Å². The third-order valence-corrected chi connectivity index (χ3v) is 3.43. The Bertz CT molecular complexity index is 463. The van der Waals surface area contributed by atoms with E-state index in [2.05, 4.69) is 15.9 Å². The summed E-state index contributed by atoms with van der Waals surface area (Å²) in [5, 5.41) is 9.14. The number of ether oxygens (including phenoxy) is 1. The van der Waals surface area contributed by atoms with E-state index in [4.69, 9.17) is 15.6 Å². The van der Waals surface area contributed by atoms with Crippen LogP contribution in [0.4, 0.5) is 11.4 Å². The van der Waals surface area contributed by atoms with Crippen molar-refractivity contribution >= 4 is 33.3 Å². The van der Waals surface area contributed by atoms with E-state index in [0.717, 1.165) is 10.2 Å². The second kappa shape index (κ2) is 6.77. The molecule has 0 fully saturated rings. The Morgan fingerprint density at radius 3 is 2.63 bits per heavy atom. The van der Waals surface area contributed by atoms with Crippen LogP contribution in [0.15, 0.2) is 16.6 Å². The molecule has 1 aromatic rings. The minimum Gasteiger partial charge on any atom is -0.465 e. The summed E-state index contributed by atoms with van der Waals surface area (Å²) in [5.41, 5.74) is 7.30. The molecular formula is C13H19BrN2O3. The number of carbonyl (C=O) groups excluding carboxylic acids is 1. The lowest BCUT2D eigenvalue weighted by molar-refractivity contribution is 0.0602.